The number of morpholine rings is 1. The monoisotopic (exact) mass is 400 g/mol. The first-order valence-electron chi connectivity index (χ1n) is 9.51. The van der Waals surface area contributed by atoms with Crippen molar-refractivity contribution in [3.63, 3.8) is 0 Å². The van der Waals surface area contributed by atoms with Crippen LogP contribution in [0.5, 0.6) is 0 Å². The lowest BCUT2D eigenvalue weighted by Crippen LogP contribution is -2.44. The van der Waals surface area contributed by atoms with E-state index in [1.54, 1.807) is 18.0 Å². The molecule has 0 radical (unpaired) electrons. The third-order valence-electron chi connectivity index (χ3n) is 4.84. The smallest absolute Gasteiger partial charge is 0.287 e. The summed E-state index contributed by atoms with van der Waals surface area (Å²) in [6.07, 6.45) is 1.67. The second kappa shape index (κ2) is 9.32. The van der Waals surface area contributed by atoms with Crippen molar-refractivity contribution in [1.82, 2.24) is 10.2 Å². The SMILES string of the molecule is O=C(NC[C@@H](c1ccco1)N1CCOCC1)C1=C(c2ccccc2)SCCO1. The van der Waals surface area contributed by atoms with Crippen LogP contribution < -0.4 is 5.32 Å². The Kier molecular flexibility index (Phi) is 6.36. The summed E-state index contributed by atoms with van der Waals surface area (Å²) in [5.74, 6) is 1.90. The van der Waals surface area contributed by atoms with Crippen molar-refractivity contribution in [1.29, 1.82) is 0 Å². The van der Waals surface area contributed by atoms with Gasteiger partial charge in [-0.1, -0.05) is 30.3 Å². The average Bonchev–Trinajstić information content (AvgIpc) is 3.30. The van der Waals surface area contributed by atoms with Crippen LogP contribution in [0.1, 0.15) is 17.4 Å². The second-order valence-electron chi connectivity index (χ2n) is 6.61. The molecule has 0 saturated carbocycles. The second-order valence-corrected chi connectivity index (χ2v) is 7.72. The van der Waals surface area contributed by atoms with Gasteiger partial charge in [-0.25, -0.2) is 0 Å². The fourth-order valence-corrected chi connectivity index (χ4v) is 4.40. The molecule has 4 rings (SSSR count). The van der Waals surface area contributed by atoms with Crippen LogP contribution in [0.3, 0.4) is 0 Å². The minimum Gasteiger partial charge on any atom is -0.486 e. The zero-order valence-corrected chi connectivity index (χ0v) is 16.5. The fraction of sp³-hybridized carbons (Fsp3) is 0.381. The number of benzene rings is 1. The summed E-state index contributed by atoms with van der Waals surface area (Å²) in [7, 11) is 0. The Hall–Kier alpha value is -2.22. The number of thioether (sulfide) groups is 1. The molecule has 0 bridgehead atoms. The molecule has 1 atom stereocenters. The fourth-order valence-electron chi connectivity index (χ4n) is 3.44. The molecular weight excluding hydrogens is 376 g/mol. The van der Waals surface area contributed by atoms with Crippen molar-refractivity contribution >= 4 is 22.6 Å². The highest BCUT2D eigenvalue weighted by atomic mass is 32.2. The Morgan fingerprint density at radius 2 is 1.93 bits per heavy atom. The van der Waals surface area contributed by atoms with Gasteiger partial charge in [-0.15, -0.1) is 11.8 Å². The van der Waals surface area contributed by atoms with E-state index in [0.29, 0.717) is 32.1 Å². The summed E-state index contributed by atoms with van der Waals surface area (Å²) in [4.78, 5) is 16.1. The van der Waals surface area contributed by atoms with E-state index in [-0.39, 0.29) is 11.9 Å². The van der Waals surface area contributed by atoms with E-state index in [4.69, 9.17) is 13.9 Å². The summed E-state index contributed by atoms with van der Waals surface area (Å²) in [6, 6.07) is 13.7. The van der Waals surface area contributed by atoms with Gasteiger partial charge in [0.05, 0.1) is 37.0 Å². The maximum absolute atomic E-state index is 13.0. The number of ether oxygens (including phenoxy) is 2. The minimum absolute atomic E-state index is 0.0279. The minimum atomic E-state index is -0.184. The summed E-state index contributed by atoms with van der Waals surface area (Å²) in [5, 5.41) is 3.06. The van der Waals surface area contributed by atoms with Gasteiger partial charge in [0.2, 0.25) is 0 Å². The van der Waals surface area contributed by atoms with Gasteiger partial charge in [0.15, 0.2) is 5.76 Å². The van der Waals surface area contributed by atoms with Gasteiger partial charge in [0.25, 0.3) is 5.91 Å². The molecule has 148 valence electrons. The van der Waals surface area contributed by atoms with Crippen LogP contribution in [-0.2, 0) is 14.3 Å². The molecule has 1 aromatic heterocycles. The maximum atomic E-state index is 13.0. The Bertz CT molecular complexity index is 801. The van der Waals surface area contributed by atoms with E-state index < -0.39 is 0 Å². The van der Waals surface area contributed by atoms with E-state index in [1.807, 2.05) is 42.5 Å². The number of furan rings is 1. The van der Waals surface area contributed by atoms with E-state index in [0.717, 1.165) is 35.1 Å². The van der Waals surface area contributed by atoms with Crippen LogP contribution in [0.2, 0.25) is 0 Å². The van der Waals surface area contributed by atoms with Crippen LogP contribution in [0.15, 0.2) is 58.9 Å². The molecule has 2 aliphatic heterocycles. The number of amides is 1. The van der Waals surface area contributed by atoms with Crippen molar-refractivity contribution in [2.75, 3.05) is 45.2 Å². The lowest BCUT2D eigenvalue weighted by Gasteiger charge is -2.33. The van der Waals surface area contributed by atoms with Gasteiger partial charge in [-0.05, 0) is 17.7 Å². The molecule has 0 spiro atoms. The lowest BCUT2D eigenvalue weighted by molar-refractivity contribution is -0.121. The van der Waals surface area contributed by atoms with Crippen LogP contribution >= 0.6 is 11.8 Å². The summed E-state index contributed by atoms with van der Waals surface area (Å²) >= 11 is 1.66. The van der Waals surface area contributed by atoms with Gasteiger partial charge in [0.1, 0.15) is 5.76 Å². The van der Waals surface area contributed by atoms with Crippen molar-refractivity contribution in [3.05, 3.63) is 65.8 Å². The molecule has 7 heteroatoms. The zero-order valence-electron chi connectivity index (χ0n) is 15.6. The topological polar surface area (TPSA) is 63.9 Å². The number of hydrogen-bond donors (Lipinski definition) is 1. The van der Waals surface area contributed by atoms with Gasteiger partial charge in [-0.3, -0.25) is 9.69 Å². The first kappa shape index (κ1) is 19.1. The molecule has 3 heterocycles. The summed E-state index contributed by atoms with van der Waals surface area (Å²) in [6.45, 7) is 3.99. The molecule has 2 aliphatic rings. The van der Waals surface area contributed by atoms with Crippen molar-refractivity contribution in [3.8, 4) is 0 Å². The molecule has 1 aromatic carbocycles. The first-order valence-corrected chi connectivity index (χ1v) is 10.5. The Labute approximate surface area is 168 Å². The van der Waals surface area contributed by atoms with Crippen LogP contribution in [0.25, 0.3) is 4.91 Å². The standard InChI is InChI=1S/C21H24N2O4S/c24-21(19-20(28-14-13-27-19)16-5-2-1-3-6-16)22-15-17(18-7-4-10-26-18)23-8-11-25-12-9-23/h1-7,10,17H,8-9,11-15H2,(H,22,24)/t17-/m0/s1. The molecule has 28 heavy (non-hydrogen) atoms. The van der Waals surface area contributed by atoms with Crippen molar-refractivity contribution in [2.45, 2.75) is 6.04 Å². The van der Waals surface area contributed by atoms with Gasteiger partial charge < -0.3 is 19.2 Å². The van der Waals surface area contributed by atoms with Crippen molar-refractivity contribution in [2.24, 2.45) is 0 Å². The number of nitrogens with one attached hydrogen (secondary N) is 1. The molecule has 0 aliphatic carbocycles. The molecule has 1 saturated heterocycles. The highest BCUT2D eigenvalue weighted by Crippen LogP contribution is 2.34. The normalized spacial score (nSPS) is 19.1. The average molecular weight is 401 g/mol. The molecule has 1 amide bonds. The predicted molar refractivity (Wildman–Crippen MR) is 109 cm³/mol. The molecule has 0 unspecified atom stereocenters. The Morgan fingerprint density at radius 3 is 2.68 bits per heavy atom. The highest BCUT2D eigenvalue weighted by molar-refractivity contribution is 8.08. The van der Waals surface area contributed by atoms with E-state index in [1.165, 1.54) is 0 Å². The third-order valence-corrected chi connectivity index (χ3v) is 5.92. The molecule has 1 N–H and O–H groups in total. The predicted octanol–water partition coefficient (Wildman–Crippen LogP) is 2.90. The zero-order chi connectivity index (χ0) is 19.2. The summed E-state index contributed by atoms with van der Waals surface area (Å²) in [5.41, 5.74) is 1.01. The third kappa shape index (κ3) is 4.43. The number of carbonyl (C=O) groups excluding carboxylic acids is 1. The molecule has 6 nitrogen and oxygen atoms in total. The number of hydrogen-bond acceptors (Lipinski definition) is 6. The van der Waals surface area contributed by atoms with E-state index in [9.17, 15) is 4.79 Å². The molecule has 2 aromatic rings. The van der Waals surface area contributed by atoms with Crippen molar-refractivity contribution < 1.29 is 18.7 Å². The van der Waals surface area contributed by atoms with Gasteiger partial charge in [-0.2, -0.15) is 0 Å². The maximum Gasteiger partial charge on any atom is 0.287 e. The van der Waals surface area contributed by atoms with Crippen LogP contribution in [-0.4, -0.2) is 56.0 Å². The van der Waals surface area contributed by atoms with Gasteiger partial charge in [0, 0.05) is 25.4 Å². The van der Waals surface area contributed by atoms with E-state index in [2.05, 4.69) is 10.2 Å². The number of rotatable bonds is 6. The van der Waals surface area contributed by atoms with E-state index >= 15 is 0 Å². The quantitative estimate of drug-likeness (QED) is 0.805. The molecule has 1 fully saturated rings. The van der Waals surface area contributed by atoms with Gasteiger partial charge >= 0.3 is 0 Å². The number of carbonyl (C=O) groups is 1. The highest BCUT2D eigenvalue weighted by Gasteiger charge is 2.28. The van der Waals surface area contributed by atoms with Crippen LogP contribution in [0.4, 0.5) is 0 Å². The Balaban J connectivity index is 1.50. The number of nitrogens with zero attached hydrogens (tertiary/aromatic N) is 1. The Morgan fingerprint density at radius 1 is 1.11 bits per heavy atom. The summed E-state index contributed by atoms with van der Waals surface area (Å²) < 4.78 is 16.9. The molecular formula is C21H24N2O4S. The lowest BCUT2D eigenvalue weighted by atomic mass is 10.1. The first-order chi connectivity index (χ1) is 13.8. The van der Waals surface area contributed by atoms with Crippen LogP contribution in [0, 0.1) is 0 Å². The largest absolute Gasteiger partial charge is 0.486 e.